The summed E-state index contributed by atoms with van der Waals surface area (Å²) in [6.07, 6.45) is -0.519. The van der Waals surface area contributed by atoms with Crippen LogP contribution in [0.4, 0.5) is 13.2 Å². The molecule has 0 aromatic heterocycles. The fourth-order valence-corrected chi connectivity index (χ4v) is 1.80. The summed E-state index contributed by atoms with van der Waals surface area (Å²) in [5.41, 5.74) is -1.57. The highest BCUT2D eigenvalue weighted by Gasteiger charge is 2.42. The van der Waals surface area contributed by atoms with Gasteiger partial charge in [-0.05, 0) is 26.2 Å². The van der Waals surface area contributed by atoms with Gasteiger partial charge in [-0.25, -0.2) is 0 Å². The van der Waals surface area contributed by atoms with Crippen molar-refractivity contribution in [2.24, 2.45) is 11.3 Å². The van der Waals surface area contributed by atoms with Crippen molar-refractivity contribution in [1.82, 2.24) is 0 Å². The molecular formula is C12H15F3O2. The van der Waals surface area contributed by atoms with Crippen LogP contribution in [0.1, 0.15) is 20.3 Å². The molecule has 0 aliphatic heterocycles. The van der Waals surface area contributed by atoms with Gasteiger partial charge < -0.3 is 4.74 Å². The zero-order chi connectivity index (χ0) is 13.3. The summed E-state index contributed by atoms with van der Waals surface area (Å²) in [4.78, 5) is 11.5. The number of carbonyl (C=O) groups excluding carboxylic acids is 1. The molecule has 0 amide bonds. The van der Waals surface area contributed by atoms with E-state index in [2.05, 4.69) is 4.74 Å². The van der Waals surface area contributed by atoms with Gasteiger partial charge in [0.2, 0.25) is 0 Å². The summed E-state index contributed by atoms with van der Waals surface area (Å²) in [6.45, 7) is 3.18. The first-order valence-electron chi connectivity index (χ1n) is 5.22. The first-order valence-corrected chi connectivity index (χ1v) is 5.22. The molecule has 1 aliphatic rings. The number of ether oxygens (including phenoxy) is 1. The van der Waals surface area contributed by atoms with Crippen molar-refractivity contribution in [1.29, 1.82) is 0 Å². The van der Waals surface area contributed by atoms with Crippen molar-refractivity contribution >= 4 is 5.97 Å². The molecule has 0 spiro atoms. The molecule has 17 heavy (non-hydrogen) atoms. The van der Waals surface area contributed by atoms with E-state index in [1.54, 1.807) is 19.9 Å². The molecule has 5 heteroatoms. The number of hydrogen-bond acceptors (Lipinski definition) is 2. The lowest BCUT2D eigenvalue weighted by atomic mass is 9.73. The predicted octanol–water partition coefficient (Wildman–Crippen LogP) is 3.25. The van der Waals surface area contributed by atoms with Crippen molar-refractivity contribution in [3.05, 3.63) is 23.8 Å². The number of rotatable bonds is 2. The summed E-state index contributed by atoms with van der Waals surface area (Å²) in [7, 11) is 1.23. The van der Waals surface area contributed by atoms with E-state index in [9.17, 15) is 18.0 Å². The van der Waals surface area contributed by atoms with Crippen molar-refractivity contribution in [3.63, 3.8) is 0 Å². The van der Waals surface area contributed by atoms with Gasteiger partial charge in [0.1, 0.15) is 0 Å². The fraction of sp³-hybridized carbons (Fsp3) is 0.583. The Morgan fingerprint density at radius 2 is 2.00 bits per heavy atom. The minimum atomic E-state index is -4.34. The third-order valence-electron chi connectivity index (χ3n) is 3.08. The van der Waals surface area contributed by atoms with Crippen molar-refractivity contribution in [3.8, 4) is 0 Å². The van der Waals surface area contributed by atoms with Gasteiger partial charge in [0, 0.05) is 5.57 Å². The monoisotopic (exact) mass is 248 g/mol. The number of esters is 1. The first-order chi connectivity index (χ1) is 7.69. The van der Waals surface area contributed by atoms with Crippen LogP contribution in [0.15, 0.2) is 23.8 Å². The lowest BCUT2D eigenvalue weighted by Gasteiger charge is -2.32. The molecule has 0 unspecified atom stereocenters. The van der Waals surface area contributed by atoms with E-state index >= 15 is 0 Å². The Balaban J connectivity index is 2.89. The number of carbonyl (C=O) groups is 1. The minimum absolute atomic E-state index is 0.192. The van der Waals surface area contributed by atoms with Crippen LogP contribution in [0, 0.1) is 11.3 Å². The van der Waals surface area contributed by atoms with E-state index in [0.29, 0.717) is 0 Å². The van der Waals surface area contributed by atoms with Crippen LogP contribution in [0.5, 0.6) is 0 Å². The average Bonchev–Trinajstić information content (AvgIpc) is 2.27. The zero-order valence-corrected chi connectivity index (χ0v) is 9.97. The smallest absolute Gasteiger partial charge is 0.412 e. The Hall–Kier alpha value is -1.26. The second-order valence-corrected chi connectivity index (χ2v) is 4.60. The molecule has 1 atom stereocenters. The Bertz CT molecular complexity index is 364. The molecule has 0 radical (unpaired) electrons. The third kappa shape index (κ3) is 2.90. The molecule has 96 valence electrons. The Morgan fingerprint density at radius 1 is 1.41 bits per heavy atom. The number of allylic oxidation sites excluding steroid dienone is 4. The van der Waals surface area contributed by atoms with E-state index in [4.69, 9.17) is 0 Å². The molecule has 0 saturated carbocycles. The van der Waals surface area contributed by atoms with Gasteiger partial charge in [0.15, 0.2) is 0 Å². The van der Waals surface area contributed by atoms with Crippen LogP contribution in [0.25, 0.3) is 0 Å². The minimum Gasteiger partial charge on any atom is -0.469 e. The van der Waals surface area contributed by atoms with E-state index in [0.717, 1.165) is 6.08 Å². The molecular weight excluding hydrogens is 233 g/mol. The summed E-state index contributed by atoms with van der Waals surface area (Å²) in [5, 5.41) is 0. The second kappa shape index (κ2) is 4.55. The van der Waals surface area contributed by atoms with Crippen LogP contribution in [-0.2, 0) is 9.53 Å². The van der Waals surface area contributed by atoms with Crippen molar-refractivity contribution in [2.75, 3.05) is 7.11 Å². The van der Waals surface area contributed by atoms with Crippen molar-refractivity contribution in [2.45, 2.75) is 26.4 Å². The number of methoxy groups -OCH3 is 1. The van der Waals surface area contributed by atoms with Crippen LogP contribution in [0.3, 0.4) is 0 Å². The lowest BCUT2D eigenvalue weighted by molar-refractivity contribution is -0.153. The molecule has 1 rings (SSSR count). The topological polar surface area (TPSA) is 26.3 Å². The molecule has 0 saturated heterocycles. The maximum Gasteiger partial charge on any atom is 0.412 e. The van der Waals surface area contributed by atoms with E-state index in [1.165, 1.54) is 13.2 Å². The van der Waals surface area contributed by atoms with E-state index < -0.39 is 29.1 Å². The molecule has 1 aliphatic carbocycles. The van der Waals surface area contributed by atoms with Gasteiger partial charge >= 0.3 is 12.1 Å². The van der Waals surface area contributed by atoms with Crippen molar-refractivity contribution < 1.29 is 22.7 Å². The number of hydrogen-bond donors (Lipinski definition) is 0. The standard InChI is InChI=1S/C12H15F3O2/c1-11(2,10(16)17-3)8-5-4-6-9(7-8)12(13,14)15/h4-6,8H,7H2,1-3H3/t8-/m0/s1. The molecule has 2 nitrogen and oxygen atoms in total. The molecule has 0 aromatic carbocycles. The Kier molecular flexibility index (Phi) is 3.69. The van der Waals surface area contributed by atoms with Crippen LogP contribution >= 0.6 is 0 Å². The summed E-state index contributed by atoms with van der Waals surface area (Å²) in [6, 6.07) is 0. The normalized spacial score (nSPS) is 21.1. The summed E-state index contributed by atoms with van der Waals surface area (Å²) >= 11 is 0. The molecule has 0 bridgehead atoms. The van der Waals surface area contributed by atoms with Gasteiger partial charge in [-0.1, -0.05) is 18.2 Å². The first kappa shape index (κ1) is 13.8. The van der Waals surface area contributed by atoms with Gasteiger partial charge in [-0.3, -0.25) is 4.79 Å². The maximum absolute atomic E-state index is 12.6. The Labute approximate surface area is 98.1 Å². The molecule has 0 aromatic rings. The van der Waals surface area contributed by atoms with Gasteiger partial charge in [-0.15, -0.1) is 0 Å². The van der Waals surface area contributed by atoms with E-state index in [1.807, 2.05) is 0 Å². The Morgan fingerprint density at radius 3 is 2.47 bits per heavy atom. The SMILES string of the molecule is COC(=O)C(C)(C)[C@H]1C=CC=C(C(F)(F)F)C1. The van der Waals surface area contributed by atoms with Gasteiger partial charge in [0.25, 0.3) is 0 Å². The highest BCUT2D eigenvalue weighted by molar-refractivity contribution is 5.76. The van der Waals surface area contributed by atoms with Crippen LogP contribution in [0.2, 0.25) is 0 Å². The summed E-state index contributed by atoms with van der Waals surface area (Å²) < 4.78 is 42.3. The van der Waals surface area contributed by atoms with Crippen LogP contribution in [-0.4, -0.2) is 19.3 Å². The number of alkyl halides is 3. The maximum atomic E-state index is 12.6. The van der Waals surface area contributed by atoms with E-state index in [-0.39, 0.29) is 6.42 Å². The van der Waals surface area contributed by atoms with Gasteiger partial charge in [-0.2, -0.15) is 13.2 Å². The average molecular weight is 248 g/mol. The highest BCUT2D eigenvalue weighted by atomic mass is 19.4. The van der Waals surface area contributed by atoms with Gasteiger partial charge in [0.05, 0.1) is 12.5 Å². The highest BCUT2D eigenvalue weighted by Crippen LogP contribution is 2.40. The molecule has 0 fully saturated rings. The zero-order valence-electron chi connectivity index (χ0n) is 9.97. The predicted molar refractivity (Wildman–Crippen MR) is 57.2 cm³/mol. The quantitative estimate of drug-likeness (QED) is 0.701. The lowest BCUT2D eigenvalue weighted by Crippen LogP contribution is -2.35. The second-order valence-electron chi connectivity index (χ2n) is 4.60. The summed E-state index contributed by atoms with van der Waals surface area (Å²) in [5.74, 6) is -1.01. The largest absolute Gasteiger partial charge is 0.469 e. The fourth-order valence-electron chi connectivity index (χ4n) is 1.80. The number of halogens is 3. The molecule has 0 heterocycles. The third-order valence-corrected chi connectivity index (χ3v) is 3.08. The molecule has 0 N–H and O–H groups in total. The van der Waals surface area contributed by atoms with Crippen LogP contribution < -0.4 is 0 Å².